The molecule has 0 aromatic carbocycles. The lowest BCUT2D eigenvalue weighted by Crippen LogP contribution is -2.40. The second-order valence-electron chi connectivity index (χ2n) is 5.92. The van der Waals surface area contributed by atoms with Crippen LogP contribution >= 0.6 is 11.8 Å². The van der Waals surface area contributed by atoms with E-state index in [-0.39, 0.29) is 0 Å². The minimum atomic E-state index is 0.396. The highest BCUT2D eigenvalue weighted by Gasteiger charge is 2.36. The van der Waals surface area contributed by atoms with Crippen molar-refractivity contribution in [2.24, 2.45) is 5.84 Å². The van der Waals surface area contributed by atoms with Crippen molar-refractivity contribution in [2.75, 3.05) is 23.5 Å². The molecule has 0 spiro atoms. The van der Waals surface area contributed by atoms with Crippen molar-refractivity contribution in [3.8, 4) is 0 Å². The standard InChI is InChI=1S/C14H23N5S/c1-9-11(16-8-14(20-2)6-3-7-14)17-13(10-4-5-10)18-12(9)19-15/h10H,3-8,15H2,1-2H3,(H2,16,17,18,19). The van der Waals surface area contributed by atoms with Crippen LogP contribution in [0.5, 0.6) is 0 Å². The molecule has 110 valence electrons. The number of nitrogens with two attached hydrogens (primary N) is 1. The van der Waals surface area contributed by atoms with Gasteiger partial charge in [0.1, 0.15) is 17.5 Å². The molecule has 6 heteroatoms. The van der Waals surface area contributed by atoms with E-state index in [1.54, 1.807) is 0 Å². The Morgan fingerprint density at radius 3 is 2.50 bits per heavy atom. The molecule has 0 saturated heterocycles. The normalized spacial score (nSPS) is 20.4. The van der Waals surface area contributed by atoms with Crippen LogP contribution in [0.3, 0.4) is 0 Å². The molecule has 2 fully saturated rings. The number of thioether (sulfide) groups is 1. The van der Waals surface area contributed by atoms with Gasteiger partial charge in [0, 0.05) is 22.8 Å². The minimum Gasteiger partial charge on any atom is -0.368 e. The Balaban J connectivity index is 1.78. The van der Waals surface area contributed by atoms with Gasteiger partial charge >= 0.3 is 0 Å². The monoisotopic (exact) mass is 293 g/mol. The van der Waals surface area contributed by atoms with Gasteiger partial charge in [-0.25, -0.2) is 15.8 Å². The average Bonchev–Trinajstić information content (AvgIpc) is 3.24. The summed E-state index contributed by atoms with van der Waals surface area (Å²) in [7, 11) is 0. The molecule has 0 aliphatic heterocycles. The lowest BCUT2D eigenvalue weighted by Gasteiger charge is -2.40. The van der Waals surface area contributed by atoms with Gasteiger partial charge in [-0.05, 0) is 38.9 Å². The molecule has 20 heavy (non-hydrogen) atoms. The SMILES string of the molecule is CSC1(CNc2nc(C3CC3)nc(NN)c2C)CCC1. The third-order valence-corrected chi connectivity index (χ3v) is 5.94. The molecule has 5 nitrogen and oxygen atoms in total. The minimum absolute atomic E-state index is 0.396. The van der Waals surface area contributed by atoms with Crippen molar-refractivity contribution in [3.63, 3.8) is 0 Å². The predicted octanol–water partition coefficient (Wildman–Crippen LogP) is 2.65. The summed E-state index contributed by atoms with van der Waals surface area (Å²) in [6.07, 6.45) is 8.53. The van der Waals surface area contributed by atoms with Gasteiger partial charge in [0.05, 0.1) is 0 Å². The lowest BCUT2D eigenvalue weighted by atomic mass is 9.84. The van der Waals surface area contributed by atoms with Crippen molar-refractivity contribution >= 4 is 23.4 Å². The lowest BCUT2D eigenvalue weighted by molar-refractivity contribution is 0.379. The van der Waals surface area contributed by atoms with Gasteiger partial charge in [-0.2, -0.15) is 11.8 Å². The summed E-state index contributed by atoms with van der Waals surface area (Å²) in [5, 5.41) is 3.54. The number of nitrogen functional groups attached to an aromatic ring is 1. The van der Waals surface area contributed by atoms with Crippen LogP contribution in [0, 0.1) is 6.92 Å². The first kappa shape index (κ1) is 13.9. The number of rotatable bonds is 6. The largest absolute Gasteiger partial charge is 0.368 e. The molecule has 0 atom stereocenters. The van der Waals surface area contributed by atoms with Gasteiger partial charge in [-0.3, -0.25) is 0 Å². The fourth-order valence-electron chi connectivity index (χ4n) is 2.64. The first-order chi connectivity index (χ1) is 9.67. The molecule has 0 amide bonds. The molecule has 4 N–H and O–H groups in total. The van der Waals surface area contributed by atoms with Crippen molar-refractivity contribution < 1.29 is 0 Å². The number of hydrazine groups is 1. The highest BCUT2D eigenvalue weighted by molar-refractivity contribution is 8.00. The van der Waals surface area contributed by atoms with Crippen LogP contribution in [0.25, 0.3) is 0 Å². The van der Waals surface area contributed by atoms with E-state index in [2.05, 4.69) is 22.0 Å². The van der Waals surface area contributed by atoms with Crippen LogP contribution in [0.1, 0.15) is 49.4 Å². The summed E-state index contributed by atoms with van der Waals surface area (Å²) in [5.74, 6) is 8.73. The van der Waals surface area contributed by atoms with E-state index in [9.17, 15) is 0 Å². The highest BCUT2D eigenvalue weighted by atomic mass is 32.2. The Kier molecular flexibility index (Phi) is 3.77. The van der Waals surface area contributed by atoms with Crippen LogP contribution in [-0.4, -0.2) is 27.5 Å². The third kappa shape index (κ3) is 2.59. The Hall–Kier alpha value is -1.01. The Labute approximate surface area is 124 Å². The molecule has 0 radical (unpaired) electrons. The van der Waals surface area contributed by atoms with E-state index in [0.29, 0.717) is 10.7 Å². The summed E-state index contributed by atoms with van der Waals surface area (Å²) in [6, 6.07) is 0. The van der Waals surface area contributed by atoms with Crippen LogP contribution in [0.2, 0.25) is 0 Å². The van der Waals surface area contributed by atoms with Crippen molar-refractivity contribution in [1.82, 2.24) is 9.97 Å². The number of anilines is 2. The fraction of sp³-hybridized carbons (Fsp3) is 0.714. The molecule has 2 aliphatic carbocycles. The molecule has 1 aromatic heterocycles. The number of aromatic nitrogens is 2. The van der Waals surface area contributed by atoms with E-state index in [1.807, 2.05) is 18.7 Å². The number of nitrogens with zero attached hydrogens (tertiary/aromatic N) is 2. The topological polar surface area (TPSA) is 75.9 Å². The molecule has 1 heterocycles. The third-order valence-electron chi connectivity index (χ3n) is 4.52. The van der Waals surface area contributed by atoms with Gasteiger partial charge in [0.25, 0.3) is 0 Å². The number of hydrogen-bond donors (Lipinski definition) is 3. The van der Waals surface area contributed by atoms with E-state index in [0.717, 1.165) is 29.6 Å². The smallest absolute Gasteiger partial charge is 0.148 e. The quantitative estimate of drug-likeness (QED) is 0.553. The van der Waals surface area contributed by atoms with Gasteiger partial charge in [0.15, 0.2) is 0 Å². The van der Waals surface area contributed by atoms with Crippen molar-refractivity contribution in [1.29, 1.82) is 0 Å². The number of nitrogens with one attached hydrogen (secondary N) is 2. The van der Waals surface area contributed by atoms with Crippen LogP contribution in [0.4, 0.5) is 11.6 Å². The summed E-state index contributed by atoms with van der Waals surface area (Å²) < 4.78 is 0.396. The Bertz CT molecular complexity index is 491. The summed E-state index contributed by atoms with van der Waals surface area (Å²) in [5.41, 5.74) is 3.71. The zero-order valence-corrected chi connectivity index (χ0v) is 13.0. The zero-order valence-electron chi connectivity index (χ0n) is 12.2. The maximum Gasteiger partial charge on any atom is 0.148 e. The Morgan fingerprint density at radius 2 is 2.00 bits per heavy atom. The van der Waals surface area contributed by atoms with E-state index >= 15 is 0 Å². The molecule has 0 unspecified atom stereocenters. The van der Waals surface area contributed by atoms with Crippen molar-refractivity contribution in [3.05, 3.63) is 11.4 Å². The molecule has 2 saturated carbocycles. The van der Waals surface area contributed by atoms with Gasteiger partial charge in [-0.15, -0.1) is 0 Å². The van der Waals surface area contributed by atoms with Gasteiger partial charge in [0.2, 0.25) is 0 Å². The molecule has 1 aromatic rings. The van der Waals surface area contributed by atoms with E-state index < -0.39 is 0 Å². The van der Waals surface area contributed by atoms with Gasteiger partial charge in [-0.1, -0.05) is 6.42 Å². The van der Waals surface area contributed by atoms with Crippen LogP contribution in [-0.2, 0) is 0 Å². The second kappa shape index (κ2) is 5.41. The molecule has 3 rings (SSSR count). The first-order valence-electron chi connectivity index (χ1n) is 7.31. The van der Waals surface area contributed by atoms with E-state index in [4.69, 9.17) is 10.8 Å². The molecule has 2 aliphatic rings. The van der Waals surface area contributed by atoms with Crippen LogP contribution < -0.4 is 16.6 Å². The first-order valence-corrected chi connectivity index (χ1v) is 8.54. The maximum absolute atomic E-state index is 5.58. The molecular formula is C14H23N5S. The molecular weight excluding hydrogens is 270 g/mol. The highest BCUT2D eigenvalue weighted by Crippen LogP contribution is 2.43. The van der Waals surface area contributed by atoms with E-state index in [1.165, 1.54) is 32.1 Å². The summed E-state index contributed by atoms with van der Waals surface area (Å²) >= 11 is 1.97. The second-order valence-corrected chi connectivity index (χ2v) is 7.19. The summed E-state index contributed by atoms with van der Waals surface area (Å²) in [6.45, 7) is 2.99. The fourth-order valence-corrected chi connectivity index (χ4v) is 3.55. The zero-order chi connectivity index (χ0) is 14.2. The van der Waals surface area contributed by atoms with Gasteiger partial charge < -0.3 is 10.7 Å². The number of hydrogen-bond acceptors (Lipinski definition) is 6. The molecule has 0 bridgehead atoms. The predicted molar refractivity (Wildman–Crippen MR) is 85.1 cm³/mol. The van der Waals surface area contributed by atoms with Crippen LogP contribution in [0.15, 0.2) is 0 Å². The summed E-state index contributed by atoms with van der Waals surface area (Å²) in [4.78, 5) is 9.23. The van der Waals surface area contributed by atoms with Crippen molar-refractivity contribution in [2.45, 2.75) is 49.7 Å². The maximum atomic E-state index is 5.58. The Morgan fingerprint density at radius 1 is 1.30 bits per heavy atom. The average molecular weight is 293 g/mol.